The minimum absolute atomic E-state index is 0.181. The Morgan fingerprint density at radius 1 is 1.44 bits per heavy atom. The molecule has 2 atom stereocenters. The summed E-state index contributed by atoms with van der Waals surface area (Å²) in [7, 11) is 0. The van der Waals surface area contributed by atoms with E-state index in [9.17, 15) is 14.3 Å². The van der Waals surface area contributed by atoms with Gasteiger partial charge in [-0.15, -0.1) is 0 Å². The minimum Gasteiger partial charge on any atom is -0.467 e. The monoisotopic (exact) mass is 344 g/mol. The highest BCUT2D eigenvalue weighted by atomic mass is 19.1. The number of aliphatic hydroxyl groups is 1. The number of nitrogens with zero attached hydrogens (tertiary/aromatic N) is 3. The van der Waals surface area contributed by atoms with Gasteiger partial charge in [-0.2, -0.15) is 5.10 Å². The molecule has 0 bridgehead atoms. The molecule has 0 aliphatic rings. The lowest BCUT2D eigenvalue weighted by molar-refractivity contribution is 0.0902. The van der Waals surface area contributed by atoms with Crippen molar-refractivity contribution < 1.29 is 18.7 Å². The largest absolute Gasteiger partial charge is 0.467 e. The van der Waals surface area contributed by atoms with Crippen LogP contribution >= 0.6 is 0 Å². The van der Waals surface area contributed by atoms with Crippen LogP contribution in [0.2, 0.25) is 0 Å². The average Bonchev–Trinajstić information content (AvgIpc) is 3.28. The number of benzene rings is 1. The SMILES string of the molecule is CC(CC(O)c1ccco1)NC(=O)c1ccc(-n2cncn2)c(F)c1. The van der Waals surface area contributed by atoms with E-state index in [0.29, 0.717) is 5.76 Å². The lowest BCUT2D eigenvalue weighted by atomic mass is 10.1. The summed E-state index contributed by atoms with van der Waals surface area (Å²) in [6, 6.07) is 7.12. The molecule has 0 radical (unpaired) electrons. The van der Waals surface area contributed by atoms with Crippen molar-refractivity contribution in [1.29, 1.82) is 0 Å². The van der Waals surface area contributed by atoms with E-state index in [1.807, 2.05) is 0 Å². The number of amides is 1. The Morgan fingerprint density at radius 3 is 2.92 bits per heavy atom. The second-order valence-corrected chi connectivity index (χ2v) is 5.65. The number of hydrogen-bond acceptors (Lipinski definition) is 5. The first-order valence-corrected chi connectivity index (χ1v) is 7.71. The van der Waals surface area contributed by atoms with Crippen LogP contribution in [0.5, 0.6) is 0 Å². The molecular weight excluding hydrogens is 327 g/mol. The number of halogens is 1. The topological polar surface area (TPSA) is 93.2 Å². The highest BCUT2D eigenvalue weighted by molar-refractivity contribution is 5.94. The van der Waals surface area contributed by atoms with Crippen molar-refractivity contribution in [3.63, 3.8) is 0 Å². The fourth-order valence-electron chi connectivity index (χ4n) is 2.46. The first kappa shape index (κ1) is 16.8. The zero-order valence-electron chi connectivity index (χ0n) is 13.5. The maximum atomic E-state index is 14.2. The first-order chi connectivity index (χ1) is 12.0. The molecule has 2 N–H and O–H groups in total. The smallest absolute Gasteiger partial charge is 0.251 e. The zero-order valence-corrected chi connectivity index (χ0v) is 13.5. The highest BCUT2D eigenvalue weighted by Gasteiger charge is 2.18. The van der Waals surface area contributed by atoms with Crippen LogP contribution in [-0.2, 0) is 0 Å². The van der Waals surface area contributed by atoms with E-state index < -0.39 is 17.8 Å². The third-order valence-corrected chi connectivity index (χ3v) is 3.70. The van der Waals surface area contributed by atoms with E-state index in [1.165, 1.54) is 35.7 Å². The van der Waals surface area contributed by atoms with Crippen molar-refractivity contribution in [3.8, 4) is 5.69 Å². The molecule has 0 spiro atoms. The Balaban J connectivity index is 1.64. The van der Waals surface area contributed by atoms with Crippen molar-refractivity contribution in [2.24, 2.45) is 0 Å². The molecule has 0 saturated heterocycles. The third kappa shape index (κ3) is 3.92. The number of aliphatic hydroxyl groups excluding tert-OH is 1. The van der Waals surface area contributed by atoms with Crippen LogP contribution in [0.1, 0.15) is 35.6 Å². The van der Waals surface area contributed by atoms with Gasteiger partial charge in [0.2, 0.25) is 0 Å². The molecule has 130 valence electrons. The molecule has 3 aromatic rings. The van der Waals surface area contributed by atoms with Gasteiger partial charge in [0.05, 0.1) is 6.26 Å². The summed E-state index contributed by atoms with van der Waals surface area (Å²) >= 11 is 0. The van der Waals surface area contributed by atoms with Crippen LogP contribution in [0.4, 0.5) is 4.39 Å². The molecule has 0 aliphatic carbocycles. The molecule has 0 aliphatic heterocycles. The van der Waals surface area contributed by atoms with Crippen molar-refractivity contribution >= 4 is 5.91 Å². The lowest BCUT2D eigenvalue weighted by Crippen LogP contribution is -2.33. The molecule has 2 aromatic heterocycles. The van der Waals surface area contributed by atoms with Gasteiger partial charge in [-0.3, -0.25) is 4.79 Å². The Morgan fingerprint density at radius 2 is 2.28 bits per heavy atom. The normalized spacial score (nSPS) is 13.4. The standard InChI is InChI=1S/C17H17FN4O3/c1-11(7-15(23)16-3-2-6-25-16)21-17(24)12-4-5-14(13(18)8-12)22-10-19-9-20-22/h2-6,8-11,15,23H,7H2,1H3,(H,21,24). The van der Waals surface area contributed by atoms with Gasteiger partial charge in [0.1, 0.15) is 36.0 Å². The van der Waals surface area contributed by atoms with Gasteiger partial charge >= 0.3 is 0 Å². The van der Waals surface area contributed by atoms with Crippen LogP contribution in [-0.4, -0.2) is 31.8 Å². The highest BCUT2D eigenvalue weighted by Crippen LogP contribution is 2.19. The van der Waals surface area contributed by atoms with Crippen LogP contribution in [0.25, 0.3) is 5.69 Å². The lowest BCUT2D eigenvalue weighted by Gasteiger charge is -2.17. The van der Waals surface area contributed by atoms with Gasteiger partial charge in [0.25, 0.3) is 5.91 Å². The second kappa shape index (κ2) is 7.27. The van der Waals surface area contributed by atoms with Gasteiger partial charge < -0.3 is 14.8 Å². The van der Waals surface area contributed by atoms with E-state index in [1.54, 1.807) is 19.1 Å². The number of carbonyl (C=O) groups excluding carboxylic acids is 1. The van der Waals surface area contributed by atoms with Gasteiger partial charge in [-0.25, -0.2) is 14.1 Å². The van der Waals surface area contributed by atoms with Crippen LogP contribution < -0.4 is 5.32 Å². The van der Waals surface area contributed by atoms with E-state index in [4.69, 9.17) is 4.42 Å². The summed E-state index contributed by atoms with van der Waals surface area (Å²) < 4.78 is 20.6. The van der Waals surface area contributed by atoms with E-state index in [0.717, 1.165) is 6.07 Å². The average molecular weight is 344 g/mol. The predicted molar refractivity (Wildman–Crippen MR) is 86.5 cm³/mol. The van der Waals surface area contributed by atoms with E-state index in [-0.39, 0.29) is 23.7 Å². The summed E-state index contributed by atoms with van der Waals surface area (Å²) in [4.78, 5) is 16.0. The Labute approximate surface area is 143 Å². The molecule has 2 unspecified atom stereocenters. The Bertz CT molecular complexity index is 834. The maximum absolute atomic E-state index is 14.2. The third-order valence-electron chi connectivity index (χ3n) is 3.70. The Kier molecular flexibility index (Phi) is 4.90. The number of aromatic nitrogens is 3. The second-order valence-electron chi connectivity index (χ2n) is 5.65. The molecular formula is C17H17FN4O3. The van der Waals surface area contributed by atoms with Crippen LogP contribution in [0.15, 0.2) is 53.7 Å². The molecule has 8 heteroatoms. The van der Waals surface area contributed by atoms with Gasteiger partial charge in [-0.05, 0) is 37.3 Å². The van der Waals surface area contributed by atoms with Crippen molar-refractivity contribution in [2.75, 3.05) is 0 Å². The number of carbonyl (C=O) groups is 1. The van der Waals surface area contributed by atoms with Crippen LogP contribution in [0, 0.1) is 5.82 Å². The number of furan rings is 1. The van der Waals surface area contributed by atoms with E-state index in [2.05, 4.69) is 15.4 Å². The zero-order chi connectivity index (χ0) is 17.8. The minimum atomic E-state index is -0.822. The van der Waals surface area contributed by atoms with Gasteiger partial charge in [0.15, 0.2) is 0 Å². The quantitative estimate of drug-likeness (QED) is 0.715. The number of hydrogen-bond donors (Lipinski definition) is 2. The fraction of sp³-hybridized carbons (Fsp3) is 0.235. The summed E-state index contributed by atoms with van der Waals surface area (Å²) in [6.07, 6.45) is 3.60. The molecule has 3 rings (SSSR count). The molecule has 0 fully saturated rings. The molecule has 0 saturated carbocycles. The molecule has 7 nitrogen and oxygen atoms in total. The summed E-state index contributed by atoms with van der Waals surface area (Å²) in [5, 5.41) is 16.6. The summed E-state index contributed by atoms with van der Waals surface area (Å²) in [6.45, 7) is 1.75. The maximum Gasteiger partial charge on any atom is 0.251 e. The van der Waals surface area contributed by atoms with Crippen molar-refractivity contribution in [3.05, 3.63) is 66.4 Å². The summed E-state index contributed by atoms with van der Waals surface area (Å²) in [5.41, 5.74) is 0.385. The number of rotatable bonds is 6. The van der Waals surface area contributed by atoms with Crippen LogP contribution in [0.3, 0.4) is 0 Å². The Hall–Kier alpha value is -3.00. The van der Waals surface area contributed by atoms with Gasteiger partial charge in [-0.1, -0.05) is 0 Å². The van der Waals surface area contributed by atoms with Gasteiger partial charge in [0, 0.05) is 18.0 Å². The fourth-order valence-corrected chi connectivity index (χ4v) is 2.46. The molecule has 25 heavy (non-hydrogen) atoms. The van der Waals surface area contributed by atoms with Crippen molar-refractivity contribution in [2.45, 2.75) is 25.5 Å². The molecule has 1 aromatic carbocycles. The molecule has 1 amide bonds. The summed E-state index contributed by atoms with van der Waals surface area (Å²) in [5.74, 6) is -0.575. The first-order valence-electron chi connectivity index (χ1n) is 7.71. The number of nitrogens with one attached hydrogen (secondary N) is 1. The van der Waals surface area contributed by atoms with E-state index >= 15 is 0 Å². The predicted octanol–water partition coefficient (Wildman–Crippen LogP) is 2.24. The van der Waals surface area contributed by atoms with Crippen molar-refractivity contribution in [1.82, 2.24) is 20.1 Å². The molecule has 2 heterocycles.